The van der Waals surface area contributed by atoms with Gasteiger partial charge in [0.25, 0.3) is 0 Å². The molecule has 2 aromatic rings. The minimum atomic E-state index is -0.598. The van der Waals surface area contributed by atoms with Crippen LogP contribution in [0, 0.1) is 5.82 Å². The van der Waals surface area contributed by atoms with Gasteiger partial charge in [0.1, 0.15) is 11.5 Å². The van der Waals surface area contributed by atoms with Crippen LogP contribution in [-0.2, 0) is 4.79 Å². The second kappa shape index (κ2) is 5.43. The van der Waals surface area contributed by atoms with Gasteiger partial charge in [-0.2, -0.15) is 0 Å². The van der Waals surface area contributed by atoms with Crippen LogP contribution < -0.4 is 10.6 Å². The number of amides is 1. The molecule has 0 aliphatic carbocycles. The molecule has 0 spiro atoms. The third kappa shape index (κ3) is 2.67. The maximum atomic E-state index is 13.8. The fourth-order valence-electron chi connectivity index (χ4n) is 2.31. The van der Waals surface area contributed by atoms with E-state index in [0.29, 0.717) is 24.5 Å². The molecule has 1 fully saturated rings. The van der Waals surface area contributed by atoms with Crippen molar-refractivity contribution in [1.82, 2.24) is 15.0 Å². The number of nitrogens with zero attached hydrogens (tertiary/aromatic N) is 4. The maximum Gasteiger partial charge on any atom is 0.228 e. The van der Waals surface area contributed by atoms with Gasteiger partial charge in [-0.05, 0) is 25.0 Å². The van der Waals surface area contributed by atoms with Gasteiger partial charge in [0.05, 0.1) is 11.9 Å². The predicted octanol–water partition coefficient (Wildman–Crippen LogP) is 1.78. The summed E-state index contributed by atoms with van der Waals surface area (Å²) in [6.45, 7) is 0.629. The lowest BCUT2D eigenvalue weighted by Gasteiger charge is -2.25. The normalized spacial score (nSPS) is 15.3. The van der Waals surface area contributed by atoms with Crippen LogP contribution in [-0.4, -0.2) is 27.4 Å². The van der Waals surface area contributed by atoms with E-state index in [-0.39, 0.29) is 17.5 Å². The van der Waals surface area contributed by atoms with Gasteiger partial charge in [0, 0.05) is 13.0 Å². The minimum Gasteiger partial charge on any atom is -0.368 e. The first-order valence-electron chi connectivity index (χ1n) is 6.71. The Bertz CT molecular complexity index is 691. The number of carbonyl (C=O) groups excluding carboxylic acids is 1. The number of hydrogen-bond acceptors (Lipinski definition) is 5. The molecule has 0 saturated carbocycles. The zero-order valence-electron chi connectivity index (χ0n) is 11.3. The van der Waals surface area contributed by atoms with E-state index in [1.807, 2.05) is 0 Å². The van der Waals surface area contributed by atoms with Gasteiger partial charge in [0.2, 0.25) is 11.9 Å². The third-order valence-corrected chi connectivity index (χ3v) is 3.34. The molecule has 3 rings (SSSR count). The Morgan fingerprint density at radius 1 is 1.24 bits per heavy atom. The van der Waals surface area contributed by atoms with E-state index in [0.717, 1.165) is 19.0 Å². The van der Waals surface area contributed by atoms with Crippen LogP contribution in [0.4, 0.5) is 16.2 Å². The van der Waals surface area contributed by atoms with Crippen molar-refractivity contribution in [2.45, 2.75) is 19.3 Å². The Labute approximate surface area is 120 Å². The number of piperidine rings is 1. The summed E-state index contributed by atoms with van der Waals surface area (Å²) in [5.41, 5.74) is 5.85. The lowest BCUT2D eigenvalue weighted by atomic mass is 10.1. The van der Waals surface area contributed by atoms with Gasteiger partial charge in [-0.25, -0.2) is 19.3 Å². The second-order valence-electron chi connectivity index (χ2n) is 4.81. The van der Waals surface area contributed by atoms with Crippen LogP contribution in [0.25, 0.3) is 11.4 Å². The van der Waals surface area contributed by atoms with Gasteiger partial charge < -0.3 is 5.73 Å². The van der Waals surface area contributed by atoms with Gasteiger partial charge in [-0.1, -0.05) is 6.07 Å². The average Bonchev–Trinajstić information content (AvgIpc) is 2.50. The van der Waals surface area contributed by atoms with Gasteiger partial charge in [0.15, 0.2) is 5.82 Å². The highest BCUT2D eigenvalue weighted by Crippen LogP contribution is 2.24. The number of anilines is 2. The van der Waals surface area contributed by atoms with Crippen molar-refractivity contribution in [1.29, 1.82) is 0 Å². The molecule has 6 nitrogen and oxygen atoms in total. The molecule has 0 radical (unpaired) electrons. The fourth-order valence-corrected chi connectivity index (χ4v) is 2.31. The van der Waals surface area contributed by atoms with Crippen LogP contribution in [0.15, 0.2) is 24.4 Å². The predicted molar refractivity (Wildman–Crippen MR) is 75.8 cm³/mol. The molecule has 3 heterocycles. The Hall–Kier alpha value is -2.57. The van der Waals surface area contributed by atoms with Crippen molar-refractivity contribution in [2.75, 3.05) is 17.2 Å². The fraction of sp³-hybridized carbons (Fsp3) is 0.286. The molecule has 1 aliphatic heterocycles. The molecule has 0 aromatic carbocycles. The van der Waals surface area contributed by atoms with Crippen LogP contribution >= 0.6 is 0 Å². The van der Waals surface area contributed by atoms with Crippen LogP contribution in [0.5, 0.6) is 0 Å². The van der Waals surface area contributed by atoms with Gasteiger partial charge in [-0.15, -0.1) is 0 Å². The molecule has 0 atom stereocenters. The second-order valence-corrected chi connectivity index (χ2v) is 4.81. The van der Waals surface area contributed by atoms with E-state index in [9.17, 15) is 9.18 Å². The quantitative estimate of drug-likeness (QED) is 0.910. The third-order valence-electron chi connectivity index (χ3n) is 3.34. The number of halogens is 1. The average molecular weight is 287 g/mol. The van der Waals surface area contributed by atoms with Crippen molar-refractivity contribution in [2.24, 2.45) is 0 Å². The van der Waals surface area contributed by atoms with Gasteiger partial charge >= 0.3 is 0 Å². The smallest absolute Gasteiger partial charge is 0.228 e. The number of rotatable bonds is 2. The first-order valence-corrected chi connectivity index (χ1v) is 6.71. The number of pyridine rings is 1. The summed E-state index contributed by atoms with van der Waals surface area (Å²) in [5, 5.41) is 0. The molecular weight excluding hydrogens is 273 g/mol. The number of nitrogen functional groups attached to an aromatic ring is 1. The molecule has 0 bridgehead atoms. The van der Waals surface area contributed by atoms with E-state index in [4.69, 9.17) is 5.73 Å². The number of nitrogens with two attached hydrogens (primary N) is 1. The van der Waals surface area contributed by atoms with Crippen molar-refractivity contribution in [3.8, 4) is 11.4 Å². The van der Waals surface area contributed by atoms with E-state index in [1.54, 1.807) is 23.1 Å². The van der Waals surface area contributed by atoms with Crippen LogP contribution in [0.2, 0.25) is 0 Å². The van der Waals surface area contributed by atoms with E-state index >= 15 is 0 Å². The molecule has 2 aromatic heterocycles. The molecule has 1 saturated heterocycles. The molecular formula is C14H14FN5O. The standard InChI is InChI=1S/C14H14FN5O/c15-9-8-17-14(16)19-13(9)10-4-3-5-11(18-10)20-7-2-1-6-12(20)21/h3-5,8H,1-2,6-7H2,(H2,16,17,19). The highest BCUT2D eigenvalue weighted by Gasteiger charge is 2.21. The first-order chi connectivity index (χ1) is 10.1. The first kappa shape index (κ1) is 13.4. The number of carbonyl (C=O) groups is 1. The van der Waals surface area contributed by atoms with Crippen LogP contribution in [0.1, 0.15) is 19.3 Å². The molecule has 21 heavy (non-hydrogen) atoms. The lowest BCUT2D eigenvalue weighted by molar-refractivity contribution is -0.119. The molecule has 1 aliphatic rings. The summed E-state index contributed by atoms with van der Waals surface area (Å²) in [6.07, 6.45) is 3.36. The number of hydrogen-bond donors (Lipinski definition) is 1. The largest absolute Gasteiger partial charge is 0.368 e. The Morgan fingerprint density at radius 2 is 2.10 bits per heavy atom. The van der Waals surface area contributed by atoms with Crippen molar-refractivity contribution in [3.05, 3.63) is 30.2 Å². The Kier molecular flexibility index (Phi) is 3.47. The molecule has 2 N–H and O–H groups in total. The topological polar surface area (TPSA) is 85.0 Å². The summed E-state index contributed by atoms with van der Waals surface area (Å²) in [5.74, 6) is -0.0752. The summed E-state index contributed by atoms with van der Waals surface area (Å²) in [6, 6.07) is 5.08. The number of aromatic nitrogens is 3. The van der Waals surface area contributed by atoms with Crippen LogP contribution in [0.3, 0.4) is 0 Å². The Morgan fingerprint density at radius 3 is 2.90 bits per heavy atom. The Balaban J connectivity index is 2.00. The van der Waals surface area contributed by atoms with Gasteiger partial charge in [-0.3, -0.25) is 9.69 Å². The van der Waals surface area contributed by atoms with E-state index < -0.39 is 5.82 Å². The maximum absolute atomic E-state index is 13.8. The summed E-state index contributed by atoms with van der Waals surface area (Å²) in [7, 11) is 0. The van der Waals surface area contributed by atoms with E-state index in [1.165, 1.54) is 0 Å². The molecule has 108 valence electrons. The lowest BCUT2D eigenvalue weighted by Crippen LogP contribution is -2.35. The van der Waals surface area contributed by atoms with Crippen molar-refractivity contribution >= 4 is 17.7 Å². The van der Waals surface area contributed by atoms with E-state index in [2.05, 4.69) is 15.0 Å². The summed E-state index contributed by atoms with van der Waals surface area (Å²) >= 11 is 0. The summed E-state index contributed by atoms with van der Waals surface area (Å²) < 4.78 is 13.8. The SMILES string of the molecule is Nc1ncc(F)c(-c2cccc(N3CCCCC3=O)n2)n1. The zero-order valence-corrected chi connectivity index (χ0v) is 11.3. The summed E-state index contributed by atoms with van der Waals surface area (Å²) in [4.78, 5) is 25.4. The molecule has 0 unspecified atom stereocenters. The highest BCUT2D eigenvalue weighted by atomic mass is 19.1. The molecule has 7 heteroatoms. The highest BCUT2D eigenvalue weighted by molar-refractivity contribution is 5.93. The zero-order chi connectivity index (χ0) is 14.8. The monoisotopic (exact) mass is 287 g/mol. The van der Waals surface area contributed by atoms with Crippen molar-refractivity contribution < 1.29 is 9.18 Å². The minimum absolute atomic E-state index is 0.0207. The van der Waals surface area contributed by atoms with Crippen molar-refractivity contribution in [3.63, 3.8) is 0 Å². The molecule has 1 amide bonds.